The smallest absolute Gasteiger partial charge is 0.243 e. The summed E-state index contributed by atoms with van der Waals surface area (Å²) in [5.41, 5.74) is 10.8. The molecule has 0 aliphatic carbocycles. The summed E-state index contributed by atoms with van der Waals surface area (Å²) < 4.78 is 34.6. The van der Waals surface area contributed by atoms with Gasteiger partial charge in [-0.2, -0.15) is 4.31 Å². The van der Waals surface area contributed by atoms with E-state index in [-0.39, 0.29) is 30.5 Å². The van der Waals surface area contributed by atoms with Crippen molar-refractivity contribution in [3.63, 3.8) is 0 Å². The van der Waals surface area contributed by atoms with Crippen molar-refractivity contribution in [1.82, 2.24) is 4.31 Å². The highest BCUT2D eigenvalue weighted by Crippen LogP contribution is 2.40. The maximum Gasteiger partial charge on any atom is 0.243 e. The van der Waals surface area contributed by atoms with Crippen LogP contribution in [0.5, 0.6) is 5.75 Å². The fourth-order valence-electron chi connectivity index (χ4n) is 5.37. The highest BCUT2D eigenvalue weighted by Gasteiger charge is 2.37. The minimum Gasteiger partial charge on any atom is -0.507 e. The second-order valence-corrected chi connectivity index (χ2v) is 11.5. The van der Waals surface area contributed by atoms with E-state index in [4.69, 9.17) is 10.5 Å². The van der Waals surface area contributed by atoms with Crippen molar-refractivity contribution in [2.45, 2.75) is 43.3 Å². The number of rotatable bonds is 5. The molecule has 5 rings (SSSR count). The van der Waals surface area contributed by atoms with Crippen molar-refractivity contribution in [2.24, 2.45) is 11.7 Å². The SMILES string of the molecule is Cc1ccc2c(c1O)C[C@@H](C1CCN(S(=O)(=O)c3ccc(-c4ccccc4)cc3)CC1)O[C@H]2CN.Cl. The molecule has 3 N–H and O–H groups in total. The largest absolute Gasteiger partial charge is 0.507 e. The van der Waals surface area contributed by atoms with Crippen LogP contribution < -0.4 is 5.73 Å². The zero-order valence-electron chi connectivity index (χ0n) is 20.3. The van der Waals surface area contributed by atoms with Crippen molar-refractivity contribution in [3.05, 3.63) is 83.4 Å². The second-order valence-electron chi connectivity index (χ2n) is 9.53. The minimum absolute atomic E-state index is 0. The van der Waals surface area contributed by atoms with Crippen molar-refractivity contribution in [1.29, 1.82) is 0 Å². The first-order chi connectivity index (χ1) is 16.9. The van der Waals surface area contributed by atoms with Gasteiger partial charge in [0.2, 0.25) is 10.0 Å². The molecular formula is C28H33ClN2O4S. The molecule has 192 valence electrons. The number of nitrogens with two attached hydrogens (primary N) is 1. The molecule has 8 heteroatoms. The van der Waals surface area contributed by atoms with Crippen LogP contribution in [-0.4, -0.2) is 43.6 Å². The minimum atomic E-state index is -3.56. The first-order valence-corrected chi connectivity index (χ1v) is 13.6. The lowest BCUT2D eigenvalue weighted by atomic mass is 9.83. The molecule has 0 spiro atoms. The number of benzene rings is 3. The van der Waals surface area contributed by atoms with Crippen LogP contribution in [0.3, 0.4) is 0 Å². The lowest BCUT2D eigenvalue weighted by Gasteiger charge is -2.40. The van der Waals surface area contributed by atoms with Crippen LogP contribution in [0.4, 0.5) is 0 Å². The average Bonchev–Trinajstić information content (AvgIpc) is 2.91. The van der Waals surface area contributed by atoms with Gasteiger partial charge in [-0.15, -0.1) is 12.4 Å². The van der Waals surface area contributed by atoms with E-state index in [1.165, 1.54) is 0 Å². The molecule has 0 radical (unpaired) electrons. The van der Waals surface area contributed by atoms with E-state index in [9.17, 15) is 13.5 Å². The Morgan fingerprint density at radius 1 is 0.972 bits per heavy atom. The normalized spacial score (nSPS) is 20.9. The molecule has 2 heterocycles. The van der Waals surface area contributed by atoms with E-state index in [0.29, 0.717) is 49.5 Å². The summed E-state index contributed by atoms with van der Waals surface area (Å²) in [6.07, 6.45) is 1.72. The van der Waals surface area contributed by atoms with Crippen molar-refractivity contribution in [3.8, 4) is 16.9 Å². The highest BCUT2D eigenvalue weighted by molar-refractivity contribution is 7.89. The molecule has 36 heavy (non-hydrogen) atoms. The highest BCUT2D eigenvalue weighted by atomic mass is 35.5. The number of halogens is 1. The van der Waals surface area contributed by atoms with Crippen LogP contribution in [0.25, 0.3) is 11.1 Å². The molecule has 0 saturated carbocycles. The van der Waals surface area contributed by atoms with Crippen molar-refractivity contribution < 1.29 is 18.3 Å². The Bertz CT molecular complexity index is 1290. The third kappa shape index (κ3) is 5.04. The molecule has 0 amide bonds. The maximum atomic E-state index is 13.3. The van der Waals surface area contributed by atoms with E-state index >= 15 is 0 Å². The van der Waals surface area contributed by atoms with Crippen LogP contribution in [0.1, 0.15) is 35.6 Å². The second kappa shape index (κ2) is 10.9. The molecule has 1 fully saturated rings. The third-order valence-corrected chi connectivity index (χ3v) is 9.36. The van der Waals surface area contributed by atoms with Crippen LogP contribution in [0, 0.1) is 12.8 Å². The number of sulfonamides is 1. The van der Waals surface area contributed by atoms with Crippen LogP contribution >= 0.6 is 12.4 Å². The first-order valence-electron chi connectivity index (χ1n) is 12.2. The van der Waals surface area contributed by atoms with Gasteiger partial charge in [0.25, 0.3) is 0 Å². The number of aromatic hydroxyl groups is 1. The number of phenols is 1. The number of fused-ring (bicyclic) bond motifs is 1. The van der Waals surface area contributed by atoms with Gasteiger partial charge >= 0.3 is 0 Å². The fourth-order valence-corrected chi connectivity index (χ4v) is 6.84. The molecule has 0 aromatic heterocycles. The summed E-state index contributed by atoms with van der Waals surface area (Å²) in [6, 6.07) is 20.9. The van der Waals surface area contributed by atoms with Crippen LogP contribution in [0.15, 0.2) is 71.6 Å². The summed E-state index contributed by atoms with van der Waals surface area (Å²) in [5.74, 6) is 0.539. The standard InChI is InChI=1S/C28H32N2O4S.ClH/c1-19-7-12-24-25(28(19)31)17-26(34-27(24)18-29)22-13-15-30(16-14-22)35(32,33)23-10-8-21(9-11-23)20-5-3-2-4-6-20;/h2-12,22,26-27,31H,13-18,29H2,1H3;1H/t26-,27-;/m0./s1. The van der Waals surface area contributed by atoms with E-state index in [2.05, 4.69) is 0 Å². The zero-order valence-corrected chi connectivity index (χ0v) is 22.0. The molecular weight excluding hydrogens is 496 g/mol. The summed E-state index contributed by atoms with van der Waals surface area (Å²) in [5, 5.41) is 10.7. The quantitative estimate of drug-likeness (QED) is 0.494. The summed E-state index contributed by atoms with van der Waals surface area (Å²) in [7, 11) is -3.56. The number of aryl methyl sites for hydroxylation is 1. The Morgan fingerprint density at radius 2 is 1.61 bits per heavy atom. The van der Waals surface area contributed by atoms with Gasteiger partial charge in [0.15, 0.2) is 0 Å². The Labute approximate surface area is 219 Å². The number of hydrogen-bond acceptors (Lipinski definition) is 5. The van der Waals surface area contributed by atoms with Gasteiger partial charge in [-0.3, -0.25) is 0 Å². The van der Waals surface area contributed by atoms with E-state index < -0.39 is 10.0 Å². The maximum absolute atomic E-state index is 13.3. The van der Waals surface area contributed by atoms with Crippen LogP contribution in [0.2, 0.25) is 0 Å². The third-order valence-electron chi connectivity index (χ3n) is 7.45. The fraction of sp³-hybridized carbons (Fsp3) is 0.357. The lowest BCUT2D eigenvalue weighted by molar-refractivity contribution is -0.0612. The number of hydrogen-bond donors (Lipinski definition) is 2. The first kappa shape index (κ1) is 26.6. The topological polar surface area (TPSA) is 92.9 Å². The zero-order chi connectivity index (χ0) is 24.6. The van der Waals surface area contributed by atoms with Gasteiger partial charge in [-0.05, 0) is 60.1 Å². The van der Waals surface area contributed by atoms with Gasteiger partial charge in [-0.25, -0.2) is 8.42 Å². The van der Waals surface area contributed by atoms with Gasteiger partial charge < -0.3 is 15.6 Å². The molecule has 2 atom stereocenters. The van der Waals surface area contributed by atoms with Gasteiger partial charge in [0, 0.05) is 31.6 Å². The summed E-state index contributed by atoms with van der Waals surface area (Å²) >= 11 is 0. The predicted octanol–water partition coefficient (Wildman–Crippen LogP) is 4.83. The molecule has 0 bridgehead atoms. The molecule has 3 aromatic rings. The summed E-state index contributed by atoms with van der Waals surface area (Å²) in [6.45, 7) is 3.14. The Hall–Kier alpha value is -2.42. The van der Waals surface area contributed by atoms with E-state index in [1.807, 2.05) is 61.5 Å². The monoisotopic (exact) mass is 528 g/mol. The van der Waals surface area contributed by atoms with Crippen molar-refractivity contribution >= 4 is 22.4 Å². The molecule has 0 unspecified atom stereocenters. The van der Waals surface area contributed by atoms with Gasteiger partial charge in [0.1, 0.15) is 5.75 Å². The number of phenolic OH excluding ortho intramolecular Hbond substituents is 1. The van der Waals surface area contributed by atoms with Crippen molar-refractivity contribution in [2.75, 3.05) is 19.6 Å². The molecule has 2 aliphatic rings. The van der Waals surface area contributed by atoms with E-state index in [1.54, 1.807) is 16.4 Å². The number of piperidine rings is 1. The Kier molecular flexibility index (Phi) is 8.07. The molecule has 6 nitrogen and oxygen atoms in total. The van der Waals surface area contributed by atoms with Gasteiger partial charge in [-0.1, -0.05) is 54.6 Å². The summed E-state index contributed by atoms with van der Waals surface area (Å²) in [4.78, 5) is 0.321. The Balaban J connectivity index is 0.00000304. The van der Waals surface area contributed by atoms with E-state index in [0.717, 1.165) is 27.8 Å². The number of nitrogens with zero attached hydrogens (tertiary/aromatic N) is 1. The predicted molar refractivity (Wildman–Crippen MR) is 144 cm³/mol. The number of ether oxygens (including phenoxy) is 1. The average molecular weight is 529 g/mol. The van der Waals surface area contributed by atoms with Crippen LogP contribution in [-0.2, 0) is 21.2 Å². The van der Waals surface area contributed by atoms with Gasteiger partial charge in [0.05, 0.1) is 17.1 Å². The lowest BCUT2D eigenvalue weighted by Crippen LogP contribution is -2.44. The molecule has 3 aromatic carbocycles. The molecule has 2 aliphatic heterocycles. The Morgan fingerprint density at radius 3 is 2.25 bits per heavy atom. The molecule has 1 saturated heterocycles.